The van der Waals surface area contributed by atoms with Crippen LogP contribution in [0.3, 0.4) is 0 Å². The van der Waals surface area contributed by atoms with Crippen LogP contribution in [0.4, 0.5) is 13.6 Å². The second-order valence-corrected chi connectivity index (χ2v) is 9.79. The van der Waals surface area contributed by atoms with Crippen LogP contribution in [0.2, 0.25) is 0 Å². The Bertz CT molecular complexity index is 796. The molecule has 1 aliphatic heterocycles. The second kappa shape index (κ2) is 7.04. The van der Waals surface area contributed by atoms with E-state index in [2.05, 4.69) is 4.98 Å². The summed E-state index contributed by atoms with van der Waals surface area (Å²) in [5, 5.41) is 10.7. The van der Waals surface area contributed by atoms with Crippen LogP contribution < -0.4 is 4.74 Å². The van der Waals surface area contributed by atoms with Gasteiger partial charge in [-0.2, -0.15) is 0 Å². The molecule has 0 aromatic carbocycles. The van der Waals surface area contributed by atoms with Crippen molar-refractivity contribution in [2.24, 2.45) is 17.8 Å². The van der Waals surface area contributed by atoms with E-state index in [0.29, 0.717) is 25.4 Å². The molecule has 2 heterocycles. The third kappa shape index (κ3) is 3.74. The lowest BCUT2D eigenvalue weighted by Gasteiger charge is -2.57. The van der Waals surface area contributed by atoms with Gasteiger partial charge in [-0.15, -0.1) is 0 Å². The Morgan fingerprint density at radius 3 is 2.60 bits per heavy atom. The van der Waals surface area contributed by atoms with Gasteiger partial charge in [0.1, 0.15) is 12.2 Å². The summed E-state index contributed by atoms with van der Waals surface area (Å²) >= 11 is 0. The summed E-state index contributed by atoms with van der Waals surface area (Å²) in [6, 6.07) is 2.75. The lowest BCUT2D eigenvalue weighted by atomic mass is 9.53. The number of nitrogens with zero attached hydrogens (tertiary/aromatic N) is 2. The van der Waals surface area contributed by atoms with Crippen LogP contribution in [0.15, 0.2) is 18.3 Å². The molecule has 1 N–H and O–H groups in total. The summed E-state index contributed by atoms with van der Waals surface area (Å²) in [5.41, 5.74) is -0.706. The van der Waals surface area contributed by atoms with Crippen LogP contribution in [0.1, 0.15) is 51.0 Å². The molecule has 4 bridgehead atoms. The van der Waals surface area contributed by atoms with E-state index in [1.165, 1.54) is 12.1 Å². The maximum absolute atomic E-state index is 13.3. The van der Waals surface area contributed by atoms with Crippen molar-refractivity contribution in [3.63, 3.8) is 0 Å². The average Bonchev–Trinajstić information content (AvgIpc) is 3.11. The van der Waals surface area contributed by atoms with Crippen molar-refractivity contribution in [3.05, 3.63) is 23.9 Å². The molecule has 1 amide bonds. The summed E-state index contributed by atoms with van der Waals surface area (Å²) in [6.45, 7) is 1.75. The molecule has 3 atom stereocenters. The first kappa shape index (κ1) is 20.0. The van der Waals surface area contributed by atoms with E-state index in [-0.39, 0.29) is 41.6 Å². The molecular weight excluding hydrogens is 394 g/mol. The van der Waals surface area contributed by atoms with Crippen molar-refractivity contribution < 1.29 is 28.2 Å². The van der Waals surface area contributed by atoms with Crippen molar-refractivity contribution in [3.8, 4) is 5.88 Å². The zero-order chi connectivity index (χ0) is 21.1. The molecule has 6 rings (SSSR count). The van der Waals surface area contributed by atoms with Crippen LogP contribution in [0, 0.1) is 17.8 Å². The minimum absolute atomic E-state index is 0.0979. The molecular formula is C22H28F2N2O4. The highest BCUT2D eigenvalue weighted by Crippen LogP contribution is 2.56. The Hall–Kier alpha value is -1.96. The van der Waals surface area contributed by atoms with Gasteiger partial charge >= 0.3 is 6.09 Å². The van der Waals surface area contributed by atoms with Gasteiger partial charge in [0.2, 0.25) is 5.88 Å². The fourth-order valence-electron chi connectivity index (χ4n) is 6.19. The number of aliphatic hydroxyl groups is 1. The van der Waals surface area contributed by atoms with E-state index < -0.39 is 11.5 Å². The first-order valence-electron chi connectivity index (χ1n) is 10.9. The smallest absolute Gasteiger partial charge is 0.410 e. The third-order valence-corrected chi connectivity index (χ3v) is 7.33. The van der Waals surface area contributed by atoms with E-state index >= 15 is 0 Å². The van der Waals surface area contributed by atoms with Gasteiger partial charge in [0, 0.05) is 37.7 Å². The van der Waals surface area contributed by atoms with Crippen LogP contribution in [0.25, 0.3) is 0 Å². The largest absolute Gasteiger partial charge is 0.472 e. The highest BCUT2D eigenvalue weighted by atomic mass is 19.3. The summed E-state index contributed by atoms with van der Waals surface area (Å²) in [7, 11) is 0. The zero-order valence-corrected chi connectivity index (χ0v) is 17.1. The fourth-order valence-corrected chi connectivity index (χ4v) is 6.19. The maximum atomic E-state index is 13.3. The number of amides is 1. The molecule has 4 saturated carbocycles. The second-order valence-electron chi connectivity index (χ2n) is 9.79. The molecule has 4 aliphatic carbocycles. The highest BCUT2D eigenvalue weighted by molar-refractivity contribution is 5.68. The molecule has 0 radical (unpaired) electrons. The van der Waals surface area contributed by atoms with Crippen molar-refractivity contribution in [1.29, 1.82) is 0 Å². The van der Waals surface area contributed by atoms with Gasteiger partial charge in [0.25, 0.3) is 5.92 Å². The Morgan fingerprint density at radius 2 is 2.00 bits per heavy atom. The van der Waals surface area contributed by atoms with Gasteiger partial charge in [-0.1, -0.05) is 0 Å². The summed E-state index contributed by atoms with van der Waals surface area (Å²) in [6.07, 6.45) is 5.57. The molecule has 1 aromatic heterocycles. The Balaban J connectivity index is 1.15. The molecule has 6 nitrogen and oxygen atoms in total. The first-order valence-corrected chi connectivity index (χ1v) is 10.9. The Labute approximate surface area is 174 Å². The number of likely N-dealkylation sites (tertiary alicyclic amines) is 1. The summed E-state index contributed by atoms with van der Waals surface area (Å²) in [5.74, 6) is -1.57. The summed E-state index contributed by atoms with van der Waals surface area (Å²) < 4.78 is 38.3. The summed E-state index contributed by atoms with van der Waals surface area (Å²) in [4.78, 5) is 18.4. The predicted octanol–water partition coefficient (Wildman–Crippen LogP) is 3.72. The van der Waals surface area contributed by atoms with E-state index in [1.54, 1.807) is 4.90 Å². The normalized spacial score (nSPS) is 37.5. The number of alkyl halides is 2. The van der Waals surface area contributed by atoms with Crippen molar-refractivity contribution in [1.82, 2.24) is 9.88 Å². The molecule has 164 valence electrons. The van der Waals surface area contributed by atoms with Gasteiger partial charge in [-0.3, -0.25) is 0 Å². The Kier molecular flexibility index (Phi) is 4.69. The molecule has 30 heavy (non-hydrogen) atoms. The number of hydrogen-bond donors (Lipinski definition) is 1. The number of pyridine rings is 1. The number of rotatable bonds is 4. The molecule has 8 heteroatoms. The fraction of sp³-hybridized carbons (Fsp3) is 0.727. The van der Waals surface area contributed by atoms with Crippen LogP contribution >= 0.6 is 0 Å². The monoisotopic (exact) mass is 422 g/mol. The van der Waals surface area contributed by atoms with Gasteiger partial charge < -0.3 is 19.5 Å². The average molecular weight is 422 g/mol. The Morgan fingerprint density at radius 1 is 1.27 bits per heavy atom. The predicted molar refractivity (Wildman–Crippen MR) is 103 cm³/mol. The van der Waals surface area contributed by atoms with Gasteiger partial charge in [-0.05, 0) is 55.9 Å². The number of halogens is 2. The highest BCUT2D eigenvalue weighted by Gasteiger charge is 2.56. The lowest BCUT2D eigenvalue weighted by molar-refractivity contribution is -0.177. The molecule has 5 fully saturated rings. The van der Waals surface area contributed by atoms with E-state index in [9.17, 15) is 18.7 Å². The van der Waals surface area contributed by atoms with Gasteiger partial charge in [-0.25, -0.2) is 18.6 Å². The number of carbonyl (C=O) groups excluding carboxylic acids is 1. The molecule has 1 saturated heterocycles. The first-order chi connectivity index (χ1) is 14.2. The lowest BCUT2D eigenvalue weighted by Crippen LogP contribution is -2.58. The molecule has 5 aliphatic rings. The number of carbonyl (C=O) groups is 1. The van der Waals surface area contributed by atoms with Crippen LogP contribution in [0.5, 0.6) is 5.88 Å². The van der Waals surface area contributed by atoms with Crippen molar-refractivity contribution in [2.75, 3.05) is 13.1 Å². The van der Waals surface area contributed by atoms with Crippen LogP contribution in [-0.4, -0.2) is 52.0 Å². The number of ether oxygens (including phenoxy) is 2. The SMILES string of the molecule is CC(F)(F)c1ccc(O[C@@H]2CCN(C(=O)OC3C4CC5CC3CC(O)(C5)C4)C2)nc1. The molecule has 2 unspecified atom stereocenters. The van der Waals surface area contributed by atoms with Gasteiger partial charge in [0.05, 0.1) is 12.1 Å². The van der Waals surface area contributed by atoms with Crippen LogP contribution in [-0.2, 0) is 10.7 Å². The standard InChI is InChI=1S/C22H28F2N2O4/c1-21(23,24)16-2-3-18(25-11-16)29-17-4-5-26(12-17)20(27)30-19-14-6-13-7-15(19)10-22(28,8-13)9-14/h2-3,11,13-15,17,19,28H,4-10,12H2,1H3/t13?,14?,15?,17-,19?,22?/m1/s1. The van der Waals surface area contributed by atoms with E-state index in [1.807, 2.05) is 0 Å². The number of aromatic nitrogens is 1. The quantitative estimate of drug-likeness (QED) is 0.801. The minimum atomic E-state index is -2.94. The molecule has 0 spiro atoms. The topological polar surface area (TPSA) is 71.9 Å². The van der Waals surface area contributed by atoms with E-state index in [4.69, 9.17) is 9.47 Å². The number of hydrogen-bond acceptors (Lipinski definition) is 5. The van der Waals surface area contributed by atoms with Crippen molar-refractivity contribution >= 4 is 6.09 Å². The van der Waals surface area contributed by atoms with E-state index in [0.717, 1.165) is 45.2 Å². The molecule has 1 aromatic rings. The third-order valence-electron chi connectivity index (χ3n) is 7.33. The zero-order valence-electron chi connectivity index (χ0n) is 17.1. The van der Waals surface area contributed by atoms with Crippen molar-refractivity contribution in [2.45, 2.75) is 69.2 Å². The van der Waals surface area contributed by atoms with Gasteiger partial charge in [0.15, 0.2) is 0 Å². The minimum Gasteiger partial charge on any atom is -0.472 e. The maximum Gasteiger partial charge on any atom is 0.410 e.